The molecule has 0 spiro atoms. The molecule has 8 heteroatoms. The van der Waals surface area contributed by atoms with Gasteiger partial charge >= 0.3 is 0 Å². The molecular formula is C11H20N8. The number of nitrogens with zero attached hydrogens (tertiary/aromatic N) is 5. The van der Waals surface area contributed by atoms with Gasteiger partial charge in [-0.1, -0.05) is 6.92 Å². The summed E-state index contributed by atoms with van der Waals surface area (Å²) in [5.41, 5.74) is 9.60. The smallest absolute Gasteiger partial charge is 0.138 e. The van der Waals surface area contributed by atoms with Crippen LogP contribution in [0, 0.1) is 0 Å². The van der Waals surface area contributed by atoms with Crippen molar-refractivity contribution < 1.29 is 0 Å². The maximum absolute atomic E-state index is 5.97. The number of nitrogens with two attached hydrogens (primary N) is 2. The lowest BCUT2D eigenvalue weighted by Crippen LogP contribution is -2.31. The molecule has 0 aliphatic carbocycles. The maximum atomic E-state index is 5.97. The first-order valence-corrected chi connectivity index (χ1v) is 6.27. The summed E-state index contributed by atoms with van der Waals surface area (Å²) in [5.74, 6) is 7.11. The van der Waals surface area contributed by atoms with Gasteiger partial charge in [-0.05, 0) is 6.42 Å². The summed E-state index contributed by atoms with van der Waals surface area (Å²) in [5, 5.41) is 8.33. The Hall–Kier alpha value is -1.93. The van der Waals surface area contributed by atoms with E-state index in [1.807, 2.05) is 4.68 Å². The zero-order valence-electron chi connectivity index (χ0n) is 11.2. The number of anilines is 1. The summed E-state index contributed by atoms with van der Waals surface area (Å²) >= 11 is 0. The SMILES string of the molecule is CCCn1ncnc1CC(NN)c1cnn(C)c1N. The van der Waals surface area contributed by atoms with E-state index in [2.05, 4.69) is 27.5 Å². The molecule has 19 heavy (non-hydrogen) atoms. The third-order valence-corrected chi connectivity index (χ3v) is 3.11. The highest BCUT2D eigenvalue weighted by molar-refractivity contribution is 5.41. The molecule has 0 aromatic carbocycles. The largest absolute Gasteiger partial charge is 0.384 e. The Bertz CT molecular complexity index is 529. The Labute approximate surface area is 111 Å². The van der Waals surface area contributed by atoms with Crippen LogP contribution in [-0.4, -0.2) is 24.5 Å². The number of aromatic nitrogens is 5. The van der Waals surface area contributed by atoms with Crippen LogP contribution in [0.5, 0.6) is 0 Å². The van der Waals surface area contributed by atoms with Crippen molar-refractivity contribution in [3.63, 3.8) is 0 Å². The van der Waals surface area contributed by atoms with Gasteiger partial charge in [-0.3, -0.25) is 20.6 Å². The number of hydrazine groups is 1. The molecule has 0 aliphatic rings. The monoisotopic (exact) mass is 264 g/mol. The van der Waals surface area contributed by atoms with E-state index >= 15 is 0 Å². The Morgan fingerprint density at radius 3 is 2.79 bits per heavy atom. The Morgan fingerprint density at radius 2 is 2.21 bits per heavy atom. The second-order valence-corrected chi connectivity index (χ2v) is 4.43. The third-order valence-electron chi connectivity index (χ3n) is 3.11. The molecule has 0 radical (unpaired) electrons. The zero-order chi connectivity index (χ0) is 13.8. The topological polar surface area (TPSA) is 113 Å². The molecule has 2 rings (SSSR count). The van der Waals surface area contributed by atoms with Gasteiger partial charge in [-0.25, -0.2) is 4.98 Å². The highest BCUT2D eigenvalue weighted by atomic mass is 15.3. The van der Waals surface area contributed by atoms with E-state index in [0.29, 0.717) is 12.2 Å². The van der Waals surface area contributed by atoms with Crippen LogP contribution in [0.2, 0.25) is 0 Å². The first-order valence-electron chi connectivity index (χ1n) is 6.27. The fourth-order valence-corrected chi connectivity index (χ4v) is 2.02. The van der Waals surface area contributed by atoms with Crippen molar-refractivity contribution in [2.24, 2.45) is 12.9 Å². The number of hydrogen-bond donors (Lipinski definition) is 3. The van der Waals surface area contributed by atoms with Crippen LogP contribution in [-0.2, 0) is 20.0 Å². The van der Waals surface area contributed by atoms with E-state index in [0.717, 1.165) is 24.4 Å². The minimum atomic E-state index is -0.131. The van der Waals surface area contributed by atoms with Crippen molar-refractivity contribution >= 4 is 5.82 Å². The molecule has 0 saturated carbocycles. The number of nitrogen functional groups attached to an aromatic ring is 1. The molecule has 0 amide bonds. The predicted octanol–water partition coefficient (Wildman–Crippen LogP) is -0.249. The van der Waals surface area contributed by atoms with Crippen molar-refractivity contribution in [1.29, 1.82) is 0 Å². The van der Waals surface area contributed by atoms with Gasteiger partial charge in [-0.2, -0.15) is 10.2 Å². The molecular weight excluding hydrogens is 244 g/mol. The second kappa shape index (κ2) is 5.81. The van der Waals surface area contributed by atoms with Gasteiger partial charge in [0.1, 0.15) is 18.0 Å². The molecule has 104 valence electrons. The summed E-state index contributed by atoms with van der Waals surface area (Å²) < 4.78 is 3.51. The number of rotatable bonds is 6. The highest BCUT2D eigenvalue weighted by Gasteiger charge is 2.19. The summed E-state index contributed by atoms with van der Waals surface area (Å²) in [6.07, 6.45) is 4.91. The van der Waals surface area contributed by atoms with Crippen molar-refractivity contribution in [2.75, 3.05) is 5.73 Å². The van der Waals surface area contributed by atoms with Gasteiger partial charge in [-0.15, -0.1) is 0 Å². The van der Waals surface area contributed by atoms with Gasteiger partial charge in [0.05, 0.1) is 12.2 Å². The molecule has 2 aromatic heterocycles. The minimum Gasteiger partial charge on any atom is -0.384 e. The Balaban J connectivity index is 2.19. The molecule has 0 saturated heterocycles. The zero-order valence-corrected chi connectivity index (χ0v) is 11.2. The van der Waals surface area contributed by atoms with Crippen LogP contribution in [0.25, 0.3) is 0 Å². The van der Waals surface area contributed by atoms with E-state index in [4.69, 9.17) is 11.6 Å². The number of hydrogen-bond acceptors (Lipinski definition) is 6. The third kappa shape index (κ3) is 2.74. The van der Waals surface area contributed by atoms with Crippen molar-refractivity contribution in [1.82, 2.24) is 30.0 Å². The van der Waals surface area contributed by atoms with E-state index < -0.39 is 0 Å². The van der Waals surface area contributed by atoms with Crippen LogP contribution in [0.4, 0.5) is 5.82 Å². The van der Waals surface area contributed by atoms with Gasteiger partial charge in [0, 0.05) is 25.6 Å². The molecule has 8 nitrogen and oxygen atoms in total. The fourth-order valence-electron chi connectivity index (χ4n) is 2.02. The highest BCUT2D eigenvalue weighted by Crippen LogP contribution is 2.21. The van der Waals surface area contributed by atoms with Crippen LogP contribution in [0.15, 0.2) is 12.5 Å². The lowest BCUT2D eigenvalue weighted by molar-refractivity contribution is 0.500. The molecule has 0 bridgehead atoms. The van der Waals surface area contributed by atoms with Gasteiger partial charge in [0.2, 0.25) is 0 Å². The first kappa shape index (κ1) is 13.5. The van der Waals surface area contributed by atoms with Gasteiger partial charge in [0.25, 0.3) is 0 Å². The fraction of sp³-hybridized carbons (Fsp3) is 0.545. The standard InChI is InChI=1S/C11H20N8/c1-3-4-19-10(14-7-16-19)5-9(17-13)8-6-15-18(2)11(8)12/h6-7,9,17H,3-5,12-13H2,1-2H3. The van der Waals surface area contributed by atoms with Gasteiger partial charge < -0.3 is 5.73 Å². The van der Waals surface area contributed by atoms with Crippen molar-refractivity contribution in [3.05, 3.63) is 23.9 Å². The van der Waals surface area contributed by atoms with Crippen LogP contribution in [0.3, 0.4) is 0 Å². The Morgan fingerprint density at radius 1 is 1.42 bits per heavy atom. The molecule has 5 N–H and O–H groups in total. The van der Waals surface area contributed by atoms with Crippen LogP contribution < -0.4 is 17.0 Å². The molecule has 0 fully saturated rings. The van der Waals surface area contributed by atoms with E-state index in [-0.39, 0.29) is 6.04 Å². The number of nitrogens with one attached hydrogen (secondary N) is 1. The van der Waals surface area contributed by atoms with Crippen LogP contribution >= 0.6 is 0 Å². The summed E-state index contributed by atoms with van der Waals surface area (Å²) in [4.78, 5) is 4.27. The molecule has 2 heterocycles. The molecule has 1 atom stereocenters. The summed E-state index contributed by atoms with van der Waals surface area (Å²) in [7, 11) is 1.80. The van der Waals surface area contributed by atoms with E-state index in [1.54, 1.807) is 24.3 Å². The molecule has 1 unspecified atom stereocenters. The average Bonchev–Trinajstić information content (AvgIpc) is 2.97. The normalized spacial score (nSPS) is 12.8. The van der Waals surface area contributed by atoms with E-state index in [1.165, 1.54) is 0 Å². The van der Waals surface area contributed by atoms with Crippen molar-refractivity contribution in [3.8, 4) is 0 Å². The first-order chi connectivity index (χ1) is 9.17. The lowest BCUT2D eigenvalue weighted by atomic mass is 10.1. The maximum Gasteiger partial charge on any atom is 0.138 e. The predicted molar refractivity (Wildman–Crippen MR) is 71.7 cm³/mol. The second-order valence-electron chi connectivity index (χ2n) is 4.43. The Kier molecular flexibility index (Phi) is 4.13. The lowest BCUT2D eigenvalue weighted by Gasteiger charge is -2.15. The van der Waals surface area contributed by atoms with Gasteiger partial charge in [0.15, 0.2) is 0 Å². The minimum absolute atomic E-state index is 0.131. The number of aryl methyl sites for hydroxylation is 2. The molecule has 2 aromatic rings. The van der Waals surface area contributed by atoms with Crippen LogP contribution in [0.1, 0.15) is 30.8 Å². The summed E-state index contributed by atoms with van der Waals surface area (Å²) in [6, 6.07) is -0.131. The van der Waals surface area contributed by atoms with Crippen molar-refractivity contribution in [2.45, 2.75) is 32.4 Å². The molecule has 0 aliphatic heterocycles. The van der Waals surface area contributed by atoms with E-state index in [9.17, 15) is 0 Å². The quantitative estimate of drug-likeness (QED) is 0.490. The average molecular weight is 264 g/mol. The summed E-state index contributed by atoms with van der Waals surface area (Å²) in [6.45, 7) is 2.94.